The van der Waals surface area contributed by atoms with Gasteiger partial charge in [0.25, 0.3) is 0 Å². The summed E-state index contributed by atoms with van der Waals surface area (Å²) in [6.45, 7) is 14.1. The molecule has 0 saturated carbocycles. The van der Waals surface area contributed by atoms with Crippen molar-refractivity contribution in [2.75, 3.05) is 0 Å². The highest BCUT2D eigenvalue weighted by Gasteiger charge is 2.30. The number of esters is 1. The van der Waals surface area contributed by atoms with E-state index in [4.69, 9.17) is 9.47 Å². The third-order valence-electron chi connectivity index (χ3n) is 4.64. The zero-order valence-electron chi connectivity index (χ0n) is 16.8. The summed E-state index contributed by atoms with van der Waals surface area (Å²) in [7, 11) is 0. The zero-order chi connectivity index (χ0) is 19.7. The van der Waals surface area contributed by atoms with Crippen LogP contribution in [0.25, 0.3) is 0 Å². The molecule has 1 rings (SSSR count). The smallest absolute Gasteiger partial charge is 0.306 e. The van der Waals surface area contributed by atoms with E-state index in [1.807, 2.05) is 44.2 Å². The van der Waals surface area contributed by atoms with Crippen molar-refractivity contribution in [2.24, 2.45) is 11.8 Å². The van der Waals surface area contributed by atoms with E-state index in [0.717, 1.165) is 11.1 Å². The average molecular weight is 363 g/mol. The molecule has 0 radical (unpaired) electrons. The molecule has 0 spiro atoms. The van der Waals surface area contributed by atoms with Gasteiger partial charge in [-0.15, -0.1) is 0 Å². The number of ether oxygens (including phenoxy) is 2. The van der Waals surface area contributed by atoms with Crippen molar-refractivity contribution in [1.29, 1.82) is 0 Å². The van der Waals surface area contributed by atoms with Gasteiger partial charge in [0.15, 0.2) is 0 Å². The molecule has 0 unspecified atom stereocenters. The summed E-state index contributed by atoms with van der Waals surface area (Å²) >= 11 is 0. The lowest BCUT2D eigenvalue weighted by atomic mass is 9.88. The van der Waals surface area contributed by atoms with Gasteiger partial charge in [-0.1, -0.05) is 64.6 Å². The Morgan fingerprint density at radius 2 is 1.81 bits per heavy atom. The van der Waals surface area contributed by atoms with Gasteiger partial charge >= 0.3 is 5.97 Å². The monoisotopic (exact) mass is 362 g/mol. The molecule has 146 valence electrons. The maximum absolute atomic E-state index is 11.7. The third kappa shape index (κ3) is 7.30. The van der Waals surface area contributed by atoms with Crippen LogP contribution in [0.1, 0.15) is 53.0 Å². The van der Waals surface area contributed by atoms with Crippen molar-refractivity contribution in [3.8, 4) is 0 Å². The van der Waals surface area contributed by atoms with E-state index < -0.39 is 12.2 Å². The number of hydrogen-bond donors (Lipinski definition) is 1. The molecule has 1 aromatic rings. The number of aliphatic hydroxyl groups excluding tert-OH is 1. The van der Waals surface area contributed by atoms with Crippen LogP contribution in [0.5, 0.6) is 0 Å². The largest absolute Gasteiger partial charge is 0.457 e. The predicted molar refractivity (Wildman–Crippen MR) is 105 cm³/mol. The van der Waals surface area contributed by atoms with Crippen LogP contribution in [0.15, 0.2) is 42.5 Å². The Hall–Kier alpha value is -1.65. The number of hydrogen-bond acceptors (Lipinski definition) is 4. The third-order valence-corrected chi connectivity index (χ3v) is 4.64. The van der Waals surface area contributed by atoms with Gasteiger partial charge in [0, 0.05) is 18.8 Å². The van der Waals surface area contributed by atoms with Crippen LogP contribution < -0.4 is 0 Å². The molecule has 0 saturated heterocycles. The van der Waals surface area contributed by atoms with Gasteiger partial charge in [0.1, 0.15) is 6.10 Å². The zero-order valence-corrected chi connectivity index (χ0v) is 16.8. The number of carbonyl (C=O) groups is 1. The first-order chi connectivity index (χ1) is 12.3. The van der Waals surface area contributed by atoms with E-state index in [1.54, 1.807) is 6.92 Å². The van der Waals surface area contributed by atoms with Crippen molar-refractivity contribution in [1.82, 2.24) is 0 Å². The molecule has 4 nitrogen and oxygen atoms in total. The van der Waals surface area contributed by atoms with Gasteiger partial charge in [-0.2, -0.15) is 0 Å². The molecule has 0 fully saturated rings. The lowest BCUT2D eigenvalue weighted by molar-refractivity contribution is -0.151. The van der Waals surface area contributed by atoms with Crippen LogP contribution in [0, 0.1) is 11.8 Å². The molecule has 0 aliphatic carbocycles. The molecule has 0 heterocycles. The first kappa shape index (κ1) is 22.4. The highest BCUT2D eigenvalue weighted by atomic mass is 16.5. The lowest BCUT2D eigenvalue weighted by Crippen LogP contribution is -2.37. The second kappa shape index (κ2) is 11.1. The van der Waals surface area contributed by atoms with Gasteiger partial charge in [-0.05, 0) is 24.0 Å². The summed E-state index contributed by atoms with van der Waals surface area (Å²) in [5.74, 6) is -0.260. The quantitative estimate of drug-likeness (QED) is 0.465. The predicted octanol–water partition coefficient (Wildman–Crippen LogP) is 4.51. The summed E-state index contributed by atoms with van der Waals surface area (Å²) < 4.78 is 11.5. The minimum absolute atomic E-state index is 0.0831. The Morgan fingerprint density at radius 3 is 2.31 bits per heavy atom. The van der Waals surface area contributed by atoms with Crippen LogP contribution in [0.4, 0.5) is 0 Å². The van der Waals surface area contributed by atoms with E-state index >= 15 is 0 Å². The van der Waals surface area contributed by atoms with Crippen LogP contribution in [0.3, 0.4) is 0 Å². The fraction of sp³-hybridized carbons (Fsp3) is 0.591. The molecule has 0 bridgehead atoms. The van der Waals surface area contributed by atoms with Crippen molar-refractivity contribution in [3.63, 3.8) is 0 Å². The first-order valence-corrected chi connectivity index (χ1v) is 9.44. The normalized spacial score (nSPS) is 16.0. The molecule has 0 aliphatic heterocycles. The molecule has 26 heavy (non-hydrogen) atoms. The van der Waals surface area contributed by atoms with Crippen LogP contribution in [-0.4, -0.2) is 29.4 Å². The number of rotatable bonds is 11. The second-order valence-electron chi connectivity index (χ2n) is 7.35. The molecule has 1 N–H and O–H groups in total. The summed E-state index contributed by atoms with van der Waals surface area (Å²) in [4.78, 5) is 11.7. The molecular weight excluding hydrogens is 328 g/mol. The van der Waals surface area contributed by atoms with Gasteiger partial charge < -0.3 is 14.6 Å². The molecule has 0 aromatic heterocycles. The van der Waals surface area contributed by atoms with Gasteiger partial charge in [-0.25, -0.2) is 0 Å². The number of benzene rings is 1. The van der Waals surface area contributed by atoms with E-state index in [9.17, 15) is 9.90 Å². The summed E-state index contributed by atoms with van der Waals surface area (Å²) in [6, 6.07) is 10.00. The second-order valence-corrected chi connectivity index (χ2v) is 7.35. The van der Waals surface area contributed by atoms with E-state index in [-0.39, 0.29) is 23.9 Å². The fourth-order valence-corrected chi connectivity index (χ4v) is 2.85. The van der Waals surface area contributed by atoms with Gasteiger partial charge in [0.2, 0.25) is 0 Å². The molecule has 1 aromatic carbocycles. The topological polar surface area (TPSA) is 55.8 Å². The summed E-state index contributed by atoms with van der Waals surface area (Å²) in [6.07, 6.45) is -0.426. The molecule has 4 atom stereocenters. The van der Waals surface area contributed by atoms with Crippen LogP contribution in [-0.2, 0) is 20.9 Å². The van der Waals surface area contributed by atoms with Crippen LogP contribution in [0.2, 0.25) is 0 Å². The van der Waals surface area contributed by atoms with E-state index in [2.05, 4.69) is 20.4 Å². The average Bonchev–Trinajstić information content (AvgIpc) is 2.62. The van der Waals surface area contributed by atoms with Crippen molar-refractivity contribution in [3.05, 3.63) is 48.0 Å². The highest BCUT2D eigenvalue weighted by Crippen LogP contribution is 2.25. The highest BCUT2D eigenvalue weighted by molar-refractivity contribution is 5.69. The SMILES string of the molecule is C=C(C)[C@H](OC(=O)CC)[C@@H](C)[C@@H](O)C[C@H](OCc1ccccc1)C(C)C. The maximum atomic E-state index is 11.7. The Labute approximate surface area is 158 Å². The van der Waals surface area contributed by atoms with Crippen LogP contribution >= 0.6 is 0 Å². The lowest BCUT2D eigenvalue weighted by Gasteiger charge is -2.31. The molecule has 0 amide bonds. The Kier molecular flexibility index (Phi) is 9.60. The number of carbonyl (C=O) groups excluding carboxylic acids is 1. The molecule has 0 aliphatic rings. The maximum Gasteiger partial charge on any atom is 0.306 e. The van der Waals surface area contributed by atoms with Crippen molar-refractivity contribution >= 4 is 5.97 Å². The van der Waals surface area contributed by atoms with E-state index in [1.165, 1.54) is 0 Å². The Morgan fingerprint density at radius 1 is 1.19 bits per heavy atom. The fourth-order valence-electron chi connectivity index (χ4n) is 2.85. The van der Waals surface area contributed by atoms with E-state index in [0.29, 0.717) is 19.4 Å². The minimum Gasteiger partial charge on any atom is -0.457 e. The summed E-state index contributed by atoms with van der Waals surface area (Å²) in [5.41, 5.74) is 1.85. The van der Waals surface area contributed by atoms with Crippen molar-refractivity contribution < 1.29 is 19.4 Å². The minimum atomic E-state index is -0.649. The molecule has 4 heteroatoms. The van der Waals surface area contributed by atoms with Crippen molar-refractivity contribution in [2.45, 2.75) is 72.4 Å². The summed E-state index contributed by atoms with van der Waals surface area (Å²) in [5, 5.41) is 10.7. The number of aliphatic hydroxyl groups is 1. The van der Waals surface area contributed by atoms with Gasteiger partial charge in [-0.3, -0.25) is 4.79 Å². The molecular formula is C22H34O4. The first-order valence-electron chi connectivity index (χ1n) is 9.44. The Balaban J connectivity index is 2.70. The van der Waals surface area contributed by atoms with Gasteiger partial charge in [0.05, 0.1) is 18.8 Å². The standard InChI is InChI=1S/C22H34O4/c1-7-21(24)26-22(16(4)5)17(6)19(23)13-20(15(2)3)25-14-18-11-9-8-10-12-18/h8-12,15,17,19-20,22-23H,4,7,13-14H2,1-3,5-6H3/t17-,19-,20-,22-/m0/s1. The Bertz CT molecular complexity index is 553.